The van der Waals surface area contributed by atoms with Crippen molar-refractivity contribution in [3.8, 4) is 0 Å². The topological polar surface area (TPSA) is 188 Å². The third kappa shape index (κ3) is 13.1. The van der Waals surface area contributed by atoms with Gasteiger partial charge in [0.2, 0.25) is 0 Å². The van der Waals surface area contributed by atoms with Crippen molar-refractivity contribution >= 4 is 24.4 Å². The average Bonchev–Trinajstić information content (AvgIpc) is 3.16. The zero-order valence-electron chi connectivity index (χ0n) is 31.3. The molecule has 0 aromatic heterocycles. The molecule has 0 unspecified atom stereocenters. The van der Waals surface area contributed by atoms with E-state index in [9.17, 15) is 19.2 Å². The fourth-order valence-electron chi connectivity index (χ4n) is 8.60. The SMILES string of the molecule is NC[C@H]1CC[C@H](CNC(=O)OC2CCN(C(=O)O[C@H]3CCC[C@@H](OC(=O)N4CCC(OC(=O)NC[C@H]5CC[C@H](CN)CC5)CC4)CCC3)CC2)CC1. The van der Waals surface area contributed by atoms with Gasteiger partial charge in [-0.25, -0.2) is 19.2 Å². The predicted octanol–water partition coefficient (Wildman–Crippen LogP) is 5.26. The molecule has 14 heteroatoms. The van der Waals surface area contributed by atoms with Gasteiger partial charge in [0.1, 0.15) is 24.4 Å². The number of hydrogen-bond donors (Lipinski definition) is 4. The van der Waals surface area contributed by atoms with Gasteiger partial charge in [-0.3, -0.25) is 0 Å². The summed E-state index contributed by atoms with van der Waals surface area (Å²) in [5.74, 6) is 2.20. The molecule has 0 spiro atoms. The number of nitrogens with zero attached hydrogens (tertiary/aromatic N) is 2. The number of carbonyl (C=O) groups excluding carboxylic acids is 4. The van der Waals surface area contributed by atoms with Crippen molar-refractivity contribution in [1.82, 2.24) is 20.4 Å². The van der Waals surface area contributed by atoms with E-state index in [0.717, 1.165) is 103 Å². The highest BCUT2D eigenvalue weighted by Crippen LogP contribution is 2.29. The minimum absolute atomic E-state index is 0.161. The van der Waals surface area contributed by atoms with Gasteiger partial charge in [0, 0.05) is 65.0 Å². The van der Waals surface area contributed by atoms with Crippen LogP contribution in [-0.4, -0.2) is 111 Å². The van der Waals surface area contributed by atoms with Crippen LogP contribution in [0.3, 0.4) is 0 Å². The first-order valence-corrected chi connectivity index (χ1v) is 20.5. The lowest BCUT2D eigenvalue weighted by atomic mass is 9.82. The molecule has 0 aromatic carbocycles. The Kier molecular flexibility index (Phi) is 16.3. The maximum absolute atomic E-state index is 13.0. The summed E-state index contributed by atoms with van der Waals surface area (Å²) < 4.78 is 23.1. The van der Waals surface area contributed by atoms with E-state index in [4.69, 9.17) is 30.4 Å². The van der Waals surface area contributed by atoms with Gasteiger partial charge in [0.25, 0.3) is 0 Å². The third-order valence-electron chi connectivity index (χ3n) is 12.3. The van der Waals surface area contributed by atoms with E-state index in [1.165, 1.54) is 0 Å². The van der Waals surface area contributed by atoms with Gasteiger partial charge < -0.3 is 50.8 Å². The van der Waals surface area contributed by atoms with Gasteiger partial charge in [-0.1, -0.05) is 0 Å². The van der Waals surface area contributed by atoms with Crippen molar-refractivity contribution in [3.63, 3.8) is 0 Å². The first-order chi connectivity index (χ1) is 25.3. The standard InChI is InChI=1S/C38H66N6O8/c39-23-27-7-11-29(12-8-27)25-41-35(45)49-33-15-19-43(20-16-33)37(47)51-31-3-1-4-32(6-2-5-31)52-38(48)44-21-17-34(18-22-44)50-36(46)42-26-30-13-9-28(24-40)10-14-30/h27-34H,1-26,39-40H2,(H,41,45)(H,42,46)/t27-,28-,29-,30-,31-,32+. The maximum atomic E-state index is 13.0. The molecule has 2 heterocycles. The third-order valence-corrected chi connectivity index (χ3v) is 12.3. The van der Waals surface area contributed by atoms with Crippen molar-refractivity contribution in [2.24, 2.45) is 35.1 Å². The molecule has 4 amide bonds. The van der Waals surface area contributed by atoms with Crippen LogP contribution >= 0.6 is 0 Å². The smallest absolute Gasteiger partial charge is 0.410 e. The van der Waals surface area contributed by atoms with Crippen molar-refractivity contribution in [2.75, 3.05) is 52.4 Å². The molecule has 6 N–H and O–H groups in total. The number of hydrogen-bond acceptors (Lipinski definition) is 10. The monoisotopic (exact) mass is 734 g/mol. The summed E-state index contributed by atoms with van der Waals surface area (Å²) in [6.45, 7) is 4.76. The zero-order valence-corrected chi connectivity index (χ0v) is 31.3. The van der Waals surface area contributed by atoms with Crippen LogP contribution in [0, 0.1) is 23.7 Å². The van der Waals surface area contributed by atoms with E-state index in [2.05, 4.69) is 10.6 Å². The van der Waals surface area contributed by atoms with E-state index in [1.54, 1.807) is 9.80 Å². The Labute approximate surface area is 310 Å². The van der Waals surface area contributed by atoms with Crippen molar-refractivity contribution in [2.45, 2.75) is 140 Å². The number of piperidine rings is 2. The summed E-state index contributed by atoms with van der Waals surface area (Å²) in [6.07, 6.45) is 13.7. The van der Waals surface area contributed by atoms with E-state index in [0.29, 0.717) is 88.6 Å². The number of amides is 4. The summed E-state index contributed by atoms with van der Waals surface area (Å²) in [5, 5.41) is 5.87. The molecular formula is C38H66N6O8. The highest BCUT2D eigenvalue weighted by molar-refractivity contribution is 5.69. The molecule has 5 fully saturated rings. The number of alkyl carbamates (subject to hydrolysis) is 2. The molecule has 2 saturated heterocycles. The van der Waals surface area contributed by atoms with Crippen LogP contribution in [-0.2, 0) is 18.9 Å². The number of likely N-dealkylation sites (tertiary alicyclic amines) is 2. The van der Waals surface area contributed by atoms with Crippen LogP contribution in [0.25, 0.3) is 0 Å². The average molecular weight is 735 g/mol. The fourth-order valence-corrected chi connectivity index (χ4v) is 8.60. The highest BCUT2D eigenvalue weighted by Gasteiger charge is 2.31. The Hall–Kier alpha value is -3.00. The maximum Gasteiger partial charge on any atom is 0.410 e. The zero-order chi connectivity index (χ0) is 36.7. The Morgan fingerprint density at radius 3 is 1.08 bits per heavy atom. The molecule has 2 aliphatic heterocycles. The summed E-state index contributed by atoms with van der Waals surface area (Å²) in [7, 11) is 0. The number of carbonyl (C=O) groups is 4. The molecule has 5 aliphatic rings. The molecule has 0 radical (unpaired) electrons. The Bertz CT molecular complexity index is 1020. The number of nitrogens with two attached hydrogens (primary N) is 2. The van der Waals surface area contributed by atoms with Crippen molar-refractivity contribution in [3.05, 3.63) is 0 Å². The lowest BCUT2D eigenvalue weighted by Gasteiger charge is -2.34. The molecule has 14 nitrogen and oxygen atoms in total. The first-order valence-electron chi connectivity index (χ1n) is 20.5. The summed E-state index contributed by atoms with van der Waals surface area (Å²) in [6, 6.07) is 0. The molecule has 0 bridgehead atoms. The van der Waals surface area contributed by atoms with E-state index in [-0.39, 0.29) is 48.8 Å². The molecule has 3 aliphatic carbocycles. The van der Waals surface area contributed by atoms with Gasteiger partial charge in [0.15, 0.2) is 0 Å². The lowest BCUT2D eigenvalue weighted by molar-refractivity contribution is 0.00945. The van der Waals surface area contributed by atoms with Crippen molar-refractivity contribution < 1.29 is 38.1 Å². The van der Waals surface area contributed by atoms with Gasteiger partial charge in [-0.05, 0) is 127 Å². The normalized spacial score (nSPS) is 29.6. The number of nitrogens with one attached hydrogen (secondary N) is 2. The van der Waals surface area contributed by atoms with Gasteiger partial charge >= 0.3 is 24.4 Å². The second-order valence-electron chi connectivity index (χ2n) is 16.1. The summed E-state index contributed by atoms with van der Waals surface area (Å²) in [5.41, 5.74) is 11.6. The van der Waals surface area contributed by atoms with Gasteiger partial charge in [-0.2, -0.15) is 0 Å². The molecule has 0 aromatic rings. The van der Waals surface area contributed by atoms with Crippen molar-refractivity contribution in [1.29, 1.82) is 0 Å². The summed E-state index contributed by atoms with van der Waals surface area (Å²) in [4.78, 5) is 54.1. The summed E-state index contributed by atoms with van der Waals surface area (Å²) >= 11 is 0. The Morgan fingerprint density at radius 2 is 0.750 bits per heavy atom. The van der Waals surface area contributed by atoms with Crippen LogP contribution in [0.1, 0.15) is 116 Å². The van der Waals surface area contributed by atoms with Crippen LogP contribution in [0.15, 0.2) is 0 Å². The van der Waals surface area contributed by atoms with Gasteiger partial charge in [-0.15, -0.1) is 0 Å². The predicted molar refractivity (Wildman–Crippen MR) is 195 cm³/mol. The van der Waals surface area contributed by atoms with Crippen LogP contribution in [0.4, 0.5) is 19.2 Å². The molecule has 0 atom stereocenters. The number of ether oxygens (including phenoxy) is 4. The fraction of sp³-hybridized carbons (Fsp3) is 0.895. The molecule has 52 heavy (non-hydrogen) atoms. The second-order valence-corrected chi connectivity index (χ2v) is 16.1. The largest absolute Gasteiger partial charge is 0.446 e. The number of rotatable bonds is 10. The lowest BCUT2D eigenvalue weighted by Crippen LogP contribution is -2.44. The second kappa shape index (κ2) is 21.0. The van der Waals surface area contributed by atoms with Crippen LogP contribution < -0.4 is 22.1 Å². The van der Waals surface area contributed by atoms with Gasteiger partial charge in [0.05, 0.1) is 0 Å². The minimum Gasteiger partial charge on any atom is -0.446 e. The van der Waals surface area contributed by atoms with Crippen LogP contribution in [0.5, 0.6) is 0 Å². The molecule has 296 valence electrons. The molecule has 5 rings (SSSR count). The Balaban J connectivity index is 0.892. The van der Waals surface area contributed by atoms with Crippen LogP contribution in [0.2, 0.25) is 0 Å². The molecular weight excluding hydrogens is 668 g/mol. The quantitative estimate of drug-likeness (QED) is 0.216. The van der Waals surface area contributed by atoms with E-state index in [1.807, 2.05) is 0 Å². The van der Waals surface area contributed by atoms with E-state index >= 15 is 0 Å². The first kappa shape index (κ1) is 40.2. The minimum atomic E-state index is -0.372. The van der Waals surface area contributed by atoms with E-state index < -0.39 is 0 Å². The Morgan fingerprint density at radius 1 is 0.442 bits per heavy atom. The molecule has 3 saturated carbocycles. The highest BCUT2D eigenvalue weighted by atomic mass is 16.6.